The first-order valence-electron chi connectivity index (χ1n) is 5.96. The highest BCUT2D eigenvalue weighted by molar-refractivity contribution is 6.42. The second-order valence-corrected chi connectivity index (χ2v) is 4.92. The Hall–Kier alpha value is -1.57. The summed E-state index contributed by atoms with van der Waals surface area (Å²) in [6, 6.07) is 7.30. The quantitative estimate of drug-likeness (QED) is 0.859. The smallest absolute Gasteiger partial charge is 0.190 e. The zero-order valence-corrected chi connectivity index (χ0v) is 11.9. The summed E-state index contributed by atoms with van der Waals surface area (Å²) in [5.74, 6) is 0. The second kappa shape index (κ2) is 6.05. The first-order chi connectivity index (χ1) is 9.17. The van der Waals surface area contributed by atoms with Gasteiger partial charge < -0.3 is 0 Å². The van der Waals surface area contributed by atoms with Crippen LogP contribution in [-0.2, 0) is 6.54 Å². The van der Waals surface area contributed by atoms with E-state index in [4.69, 9.17) is 28.5 Å². The Bertz CT molecular complexity index is 628. The van der Waals surface area contributed by atoms with E-state index in [1.54, 1.807) is 16.8 Å². The molecule has 0 N–H and O–H groups in total. The third-order valence-corrected chi connectivity index (χ3v) is 3.50. The summed E-state index contributed by atoms with van der Waals surface area (Å²) in [7, 11) is 0. The Morgan fingerprint density at radius 1 is 1.32 bits per heavy atom. The molecule has 98 valence electrons. The van der Waals surface area contributed by atoms with Crippen molar-refractivity contribution in [2.45, 2.75) is 26.3 Å². The standard InChI is InChI=1S/C13H12Cl2N4/c1-2-3-6-19-13(12(8-16)17-18-19)9-4-5-10(14)11(15)7-9/h4-5,7H,2-3,6H2,1H3. The van der Waals surface area contributed by atoms with E-state index in [0.29, 0.717) is 21.4 Å². The van der Waals surface area contributed by atoms with Crippen molar-refractivity contribution in [1.29, 1.82) is 5.26 Å². The SMILES string of the molecule is CCCCn1nnc(C#N)c1-c1ccc(Cl)c(Cl)c1. The molecule has 4 nitrogen and oxygen atoms in total. The fourth-order valence-electron chi connectivity index (χ4n) is 1.78. The van der Waals surface area contributed by atoms with Crippen molar-refractivity contribution in [1.82, 2.24) is 15.0 Å². The van der Waals surface area contributed by atoms with Gasteiger partial charge in [-0.2, -0.15) is 5.26 Å². The summed E-state index contributed by atoms with van der Waals surface area (Å²) in [5.41, 5.74) is 1.79. The number of halogens is 2. The monoisotopic (exact) mass is 294 g/mol. The molecule has 0 radical (unpaired) electrons. The highest BCUT2D eigenvalue weighted by Gasteiger charge is 2.15. The van der Waals surface area contributed by atoms with Gasteiger partial charge in [-0.05, 0) is 18.6 Å². The number of benzene rings is 1. The summed E-state index contributed by atoms with van der Waals surface area (Å²) >= 11 is 11.9. The molecular formula is C13H12Cl2N4. The lowest BCUT2D eigenvalue weighted by atomic mass is 10.1. The molecule has 0 unspecified atom stereocenters. The summed E-state index contributed by atoms with van der Waals surface area (Å²) < 4.78 is 1.74. The van der Waals surface area contributed by atoms with Gasteiger partial charge in [0.15, 0.2) is 5.69 Å². The van der Waals surface area contributed by atoms with Gasteiger partial charge in [0.05, 0.1) is 10.0 Å². The third-order valence-electron chi connectivity index (χ3n) is 2.76. The molecule has 0 aliphatic heterocycles. The minimum absolute atomic E-state index is 0.300. The number of nitrogens with zero attached hydrogens (tertiary/aromatic N) is 4. The average Bonchev–Trinajstić information content (AvgIpc) is 2.82. The van der Waals surface area contributed by atoms with Gasteiger partial charge in [0, 0.05) is 12.1 Å². The highest BCUT2D eigenvalue weighted by Crippen LogP contribution is 2.29. The molecule has 0 saturated heterocycles. The van der Waals surface area contributed by atoms with E-state index in [-0.39, 0.29) is 0 Å². The summed E-state index contributed by atoms with van der Waals surface area (Å²) in [4.78, 5) is 0. The number of hydrogen-bond acceptors (Lipinski definition) is 3. The fourth-order valence-corrected chi connectivity index (χ4v) is 2.08. The summed E-state index contributed by atoms with van der Waals surface area (Å²) in [6.45, 7) is 2.82. The van der Waals surface area contributed by atoms with Crippen LogP contribution in [0.1, 0.15) is 25.5 Å². The van der Waals surface area contributed by atoms with Crippen LogP contribution in [-0.4, -0.2) is 15.0 Å². The van der Waals surface area contributed by atoms with Crippen LogP contribution in [0.25, 0.3) is 11.3 Å². The molecule has 19 heavy (non-hydrogen) atoms. The van der Waals surface area contributed by atoms with E-state index in [2.05, 4.69) is 23.3 Å². The maximum Gasteiger partial charge on any atom is 0.190 e. The van der Waals surface area contributed by atoms with Crippen molar-refractivity contribution >= 4 is 23.2 Å². The van der Waals surface area contributed by atoms with E-state index in [9.17, 15) is 0 Å². The summed E-state index contributed by atoms with van der Waals surface area (Å²) in [6.07, 6.45) is 2.02. The van der Waals surface area contributed by atoms with Gasteiger partial charge in [0.1, 0.15) is 11.8 Å². The number of hydrogen-bond donors (Lipinski definition) is 0. The van der Waals surface area contributed by atoms with Gasteiger partial charge in [-0.25, -0.2) is 4.68 Å². The first-order valence-corrected chi connectivity index (χ1v) is 6.72. The minimum Gasteiger partial charge on any atom is -0.243 e. The number of nitriles is 1. The lowest BCUT2D eigenvalue weighted by Crippen LogP contribution is -2.02. The van der Waals surface area contributed by atoms with Crippen molar-refractivity contribution in [3.8, 4) is 17.3 Å². The fraction of sp³-hybridized carbons (Fsp3) is 0.308. The lowest BCUT2D eigenvalue weighted by molar-refractivity contribution is 0.557. The van der Waals surface area contributed by atoms with Crippen molar-refractivity contribution in [3.63, 3.8) is 0 Å². The zero-order chi connectivity index (χ0) is 13.8. The Morgan fingerprint density at radius 2 is 2.11 bits per heavy atom. The van der Waals surface area contributed by atoms with Gasteiger partial charge in [-0.3, -0.25) is 0 Å². The third kappa shape index (κ3) is 2.89. The van der Waals surface area contributed by atoms with Crippen LogP contribution < -0.4 is 0 Å². The van der Waals surface area contributed by atoms with Gasteiger partial charge in [0.2, 0.25) is 0 Å². The molecule has 0 saturated carbocycles. The number of rotatable bonds is 4. The number of unbranched alkanes of at least 4 members (excludes halogenated alkanes) is 1. The van der Waals surface area contributed by atoms with Crippen LogP contribution >= 0.6 is 23.2 Å². The first kappa shape index (κ1) is 13.9. The van der Waals surface area contributed by atoms with E-state index >= 15 is 0 Å². The van der Waals surface area contributed by atoms with Crippen LogP contribution in [0.4, 0.5) is 0 Å². The largest absolute Gasteiger partial charge is 0.243 e. The molecule has 2 aromatic rings. The van der Waals surface area contributed by atoms with Crippen LogP contribution in [0.5, 0.6) is 0 Å². The maximum absolute atomic E-state index is 9.12. The number of aryl methyl sites for hydroxylation is 1. The Kier molecular flexibility index (Phi) is 4.41. The van der Waals surface area contributed by atoms with Gasteiger partial charge in [-0.15, -0.1) is 5.10 Å². The van der Waals surface area contributed by atoms with E-state index in [0.717, 1.165) is 24.9 Å². The molecule has 1 heterocycles. The highest BCUT2D eigenvalue weighted by atomic mass is 35.5. The molecule has 0 fully saturated rings. The number of aromatic nitrogens is 3. The van der Waals surface area contributed by atoms with Crippen molar-refractivity contribution in [2.75, 3.05) is 0 Å². The van der Waals surface area contributed by atoms with Gasteiger partial charge in [-0.1, -0.05) is 47.8 Å². The van der Waals surface area contributed by atoms with Crippen LogP contribution in [0.15, 0.2) is 18.2 Å². The van der Waals surface area contributed by atoms with Crippen LogP contribution in [0, 0.1) is 11.3 Å². The second-order valence-electron chi connectivity index (χ2n) is 4.10. The molecule has 0 aliphatic carbocycles. The Balaban J connectivity index is 2.49. The molecule has 6 heteroatoms. The lowest BCUT2D eigenvalue weighted by Gasteiger charge is -2.07. The molecule has 0 spiro atoms. The molecule has 2 rings (SSSR count). The summed E-state index contributed by atoms with van der Waals surface area (Å²) in [5, 5.41) is 18.0. The molecule has 1 aromatic heterocycles. The molecule has 0 atom stereocenters. The van der Waals surface area contributed by atoms with Crippen molar-refractivity contribution in [3.05, 3.63) is 33.9 Å². The van der Waals surface area contributed by atoms with E-state index in [1.807, 2.05) is 6.07 Å². The topological polar surface area (TPSA) is 54.5 Å². The predicted octanol–water partition coefficient (Wildman–Crippen LogP) is 3.92. The molecule has 0 aliphatic rings. The zero-order valence-electron chi connectivity index (χ0n) is 10.4. The van der Waals surface area contributed by atoms with Crippen molar-refractivity contribution < 1.29 is 0 Å². The Morgan fingerprint density at radius 3 is 2.74 bits per heavy atom. The predicted molar refractivity (Wildman–Crippen MR) is 75.1 cm³/mol. The Labute approximate surface area is 121 Å². The molecule has 0 amide bonds. The molecular weight excluding hydrogens is 283 g/mol. The van der Waals surface area contributed by atoms with Gasteiger partial charge >= 0.3 is 0 Å². The van der Waals surface area contributed by atoms with E-state index in [1.165, 1.54) is 0 Å². The average molecular weight is 295 g/mol. The van der Waals surface area contributed by atoms with Crippen molar-refractivity contribution in [2.24, 2.45) is 0 Å². The normalized spacial score (nSPS) is 10.4. The van der Waals surface area contributed by atoms with Crippen LogP contribution in [0.2, 0.25) is 10.0 Å². The maximum atomic E-state index is 9.12. The molecule has 1 aromatic carbocycles. The minimum atomic E-state index is 0.300. The van der Waals surface area contributed by atoms with Gasteiger partial charge in [0.25, 0.3) is 0 Å². The van der Waals surface area contributed by atoms with E-state index < -0.39 is 0 Å². The van der Waals surface area contributed by atoms with Crippen LogP contribution in [0.3, 0.4) is 0 Å². The molecule has 0 bridgehead atoms.